The number of rotatable bonds is 1. The molecule has 1 amide bonds. The van der Waals surface area contributed by atoms with E-state index in [1.165, 1.54) is 18.6 Å². The van der Waals surface area contributed by atoms with Crippen molar-refractivity contribution in [3.05, 3.63) is 35.6 Å². The van der Waals surface area contributed by atoms with Crippen molar-refractivity contribution in [3.8, 4) is 0 Å². The number of amides is 1. The number of hydrogen-bond acceptors (Lipinski definition) is 1. The molecule has 0 radical (unpaired) electrons. The van der Waals surface area contributed by atoms with Crippen LogP contribution in [0.3, 0.4) is 0 Å². The third kappa shape index (κ3) is 2.48. The van der Waals surface area contributed by atoms with E-state index in [2.05, 4.69) is 13.8 Å². The molecule has 1 aliphatic heterocycles. The van der Waals surface area contributed by atoms with Crippen molar-refractivity contribution in [2.24, 2.45) is 0 Å². The summed E-state index contributed by atoms with van der Waals surface area (Å²) < 4.78 is 12.8. The number of hydrogen-bond donors (Lipinski definition) is 0. The van der Waals surface area contributed by atoms with Gasteiger partial charge in [0, 0.05) is 17.6 Å². The largest absolute Gasteiger partial charge is 0.333 e. The van der Waals surface area contributed by atoms with Crippen molar-refractivity contribution in [3.63, 3.8) is 0 Å². The number of halogens is 1. The monoisotopic (exact) mass is 235 g/mol. The third-order valence-corrected chi connectivity index (χ3v) is 3.52. The van der Waals surface area contributed by atoms with Gasteiger partial charge in [0.05, 0.1) is 0 Å². The van der Waals surface area contributed by atoms with E-state index in [4.69, 9.17) is 0 Å². The summed E-state index contributed by atoms with van der Waals surface area (Å²) in [5.74, 6) is -0.286. The predicted octanol–water partition coefficient (Wildman–Crippen LogP) is 3.23. The molecule has 2 atom stereocenters. The second kappa shape index (κ2) is 4.86. The Bertz CT molecular complexity index is 391. The Labute approximate surface area is 101 Å². The molecule has 1 aromatic carbocycles. The van der Waals surface area contributed by atoms with Crippen molar-refractivity contribution in [1.82, 2.24) is 4.90 Å². The lowest BCUT2D eigenvalue weighted by molar-refractivity contribution is 0.0510. The predicted molar refractivity (Wildman–Crippen MR) is 65.3 cm³/mol. The van der Waals surface area contributed by atoms with Gasteiger partial charge in [0.15, 0.2) is 0 Å². The van der Waals surface area contributed by atoms with Crippen LogP contribution in [0, 0.1) is 5.82 Å². The Kier molecular flexibility index (Phi) is 3.46. The summed E-state index contributed by atoms with van der Waals surface area (Å²) in [5, 5.41) is 0. The Hall–Kier alpha value is -1.38. The van der Waals surface area contributed by atoms with E-state index >= 15 is 0 Å². The molecule has 17 heavy (non-hydrogen) atoms. The minimum atomic E-state index is -0.304. The lowest BCUT2D eigenvalue weighted by Crippen LogP contribution is -2.47. The summed E-state index contributed by atoms with van der Waals surface area (Å²) >= 11 is 0. The van der Waals surface area contributed by atoms with Gasteiger partial charge in [-0.25, -0.2) is 4.39 Å². The van der Waals surface area contributed by atoms with E-state index in [-0.39, 0.29) is 23.8 Å². The minimum Gasteiger partial charge on any atom is -0.333 e. The molecule has 0 aromatic heterocycles. The number of likely N-dealkylation sites (tertiary alicyclic amines) is 1. The fourth-order valence-corrected chi connectivity index (χ4v) is 2.56. The first-order chi connectivity index (χ1) is 8.09. The van der Waals surface area contributed by atoms with E-state index in [9.17, 15) is 9.18 Å². The highest BCUT2D eigenvalue weighted by molar-refractivity contribution is 5.94. The highest BCUT2D eigenvalue weighted by atomic mass is 19.1. The minimum absolute atomic E-state index is 0.0182. The quantitative estimate of drug-likeness (QED) is 0.731. The van der Waals surface area contributed by atoms with Gasteiger partial charge in [-0.3, -0.25) is 4.79 Å². The Morgan fingerprint density at radius 1 is 1.18 bits per heavy atom. The van der Waals surface area contributed by atoms with Gasteiger partial charge >= 0.3 is 0 Å². The highest BCUT2D eigenvalue weighted by Crippen LogP contribution is 2.24. The average molecular weight is 235 g/mol. The van der Waals surface area contributed by atoms with Gasteiger partial charge in [-0.2, -0.15) is 0 Å². The molecule has 92 valence electrons. The molecule has 1 aromatic rings. The molecule has 1 fully saturated rings. The first-order valence-corrected chi connectivity index (χ1v) is 6.18. The zero-order valence-electron chi connectivity index (χ0n) is 10.3. The summed E-state index contributed by atoms with van der Waals surface area (Å²) in [6.07, 6.45) is 3.28. The molecule has 0 saturated carbocycles. The van der Waals surface area contributed by atoms with Crippen LogP contribution in [0.2, 0.25) is 0 Å². The van der Waals surface area contributed by atoms with Crippen molar-refractivity contribution < 1.29 is 9.18 Å². The van der Waals surface area contributed by atoms with Gasteiger partial charge < -0.3 is 4.90 Å². The summed E-state index contributed by atoms with van der Waals surface area (Å²) in [5.41, 5.74) is 0.576. The second-order valence-corrected chi connectivity index (χ2v) is 4.85. The Balaban J connectivity index is 2.20. The summed E-state index contributed by atoms with van der Waals surface area (Å²) in [4.78, 5) is 14.3. The Morgan fingerprint density at radius 2 is 1.71 bits per heavy atom. The first kappa shape index (κ1) is 12.1. The van der Waals surface area contributed by atoms with Crippen LogP contribution in [0.25, 0.3) is 0 Å². The Morgan fingerprint density at radius 3 is 2.24 bits per heavy atom. The zero-order valence-corrected chi connectivity index (χ0v) is 10.3. The summed E-state index contributed by atoms with van der Waals surface area (Å²) in [7, 11) is 0. The van der Waals surface area contributed by atoms with Gasteiger partial charge in [-0.1, -0.05) is 0 Å². The van der Waals surface area contributed by atoms with Gasteiger partial charge in [-0.15, -0.1) is 0 Å². The van der Waals surface area contributed by atoms with Crippen LogP contribution in [0.1, 0.15) is 43.5 Å². The normalized spacial score (nSPS) is 24.8. The van der Waals surface area contributed by atoms with Crippen molar-refractivity contribution in [2.45, 2.75) is 45.2 Å². The molecular weight excluding hydrogens is 217 g/mol. The first-order valence-electron chi connectivity index (χ1n) is 6.18. The van der Waals surface area contributed by atoms with Crippen LogP contribution >= 0.6 is 0 Å². The maximum atomic E-state index is 12.8. The van der Waals surface area contributed by atoms with Crippen LogP contribution in [0.4, 0.5) is 4.39 Å². The maximum Gasteiger partial charge on any atom is 0.254 e. The number of carbonyl (C=O) groups excluding carboxylic acids is 1. The van der Waals surface area contributed by atoms with Crippen LogP contribution in [-0.2, 0) is 0 Å². The molecule has 0 aliphatic carbocycles. The molecule has 1 aliphatic rings. The van der Waals surface area contributed by atoms with Gasteiger partial charge in [-0.05, 0) is 57.4 Å². The molecule has 0 N–H and O–H groups in total. The lowest BCUT2D eigenvalue weighted by atomic mass is 9.96. The molecule has 1 heterocycles. The molecular formula is C14H18FNO. The number of carbonyl (C=O) groups is 1. The van der Waals surface area contributed by atoms with Crippen LogP contribution in [0.15, 0.2) is 24.3 Å². The van der Waals surface area contributed by atoms with Crippen molar-refractivity contribution in [1.29, 1.82) is 0 Å². The van der Waals surface area contributed by atoms with E-state index in [0.29, 0.717) is 5.56 Å². The molecule has 0 bridgehead atoms. The zero-order chi connectivity index (χ0) is 12.4. The fourth-order valence-electron chi connectivity index (χ4n) is 2.56. The van der Waals surface area contributed by atoms with E-state index < -0.39 is 0 Å². The molecule has 2 rings (SSSR count). The smallest absolute Gasteiger partial charge is 0.254 e. The highest BCUT2D eigenvalue weighted by Gasteiger charge is 2.29. The van der Waals surface area contributed by atoms with Gasteiger partial charge in [0.25, 0.3) is 5.91 Å². The lowest BCUT2D eigenvalue weighted by Gasteiger charge is -2.39. The standard InChI is InChI=1S/C14H18FNO/c1-10-4-3-5-11(2)16(10)14(17)12-6-8-13(15)9-7-12/h6-11H,3-5H2,1-2H3. The summed E-state index contributed by atoms with van der Waals surface area (Å²) in [6.45, 7) is 4.16. The maximum absolute atomic E-state index is 12.8. The van der Waals surface area contributed by atoms with E-state index in [1.807, 2.05) is 4.90 Å². The summed E-state index contributed by atoms with van der Waals surface area (Å²) in [6, 6.07) is 6.35. The second-order valence-electron chi connectivity index (χ2n) is 4.85. The molecule has 2 nitrogen and oxygen atoms in total. The molecule has 0 spiro atoms. The third-order valence-electron chi connectivity index (χ3n) is 3.52. The van der Waals surface area contributed by atoms with Crippen LogP contribution in [0.5, 0.6) is 0 Å². The molecule has 2 unspecified atom stereocenters. The van der Waals surface area contributed by atoms with Crippen LogP contribution in [-0.4, -0.2) is 22.9 Å². The van der Waals surface area contributed by atoms with Crippen molar-refractivity contribution >= 4 is 5.91 Å². The number of benzene rings is 1. The van der Waals surface area contributed by atoms with Gasteiger partial charge in [0.1, 0.15) is 5.82 Å². The van der Waals surface area contributed by atoms with Crippen LogP contribution < -0.4 is 0 Å². The molecule has 3 heteroatoms. The van der Waals surface area contributed by atoms with Crippen molar-refractivity contribution in [2.75, 3.05) is 0 Å². The van der Waals surface area contributed by atoms with Gasteiger partial charge in [0.2, 0.25) is 0 Å². The van der Waals surface area contributed by atoms with E-state index in [1.54, 1.807) is 12.1 Å². The number of nitrogens with zero attached hydrogens (tertiary/aromatic N) is 1. The average Bonchev–Trinajstić information content (AvgIpc) is 2.29. The van der Waals surface area contributed by atoms with E-state index in [0.717, 1.165) is 12.8 Å². The molecule has 1 saturated heterocycles. The number of piperidine rings is 1. The SMILES string of the molecule is CC1CCCC(C)N1C(=O)c1ccc(F)cc1. The topological polar surface area (TPSA) is 20.3 Å². The fraction of sp³-hybridized carbons (Fsp3) is 0.500.